The van der Waals surface area contributed by atoms with Crippen molar-refractivity contribution in [3.63, 3.8) is 0 Å². The van der Waals surface area contributed by atoms with Crippen LogP contribution in [0.15, 0.2) is 36.4 Å². The van der Waals surface area contributed by atoms with Gasteiger partial charge in [-0.1, -0.05) is 6.07 Å². The van der Waals surface area contributed by atoms with Gasteiger partial charge >= 0.3 is 0 Å². The topological polar surface area (TPSA) is 92.5 Å². The first-order valence-electron chi connectivity index (χ1n) is 5.63. The minimum Gasteiger partial charge on any atom is -0.506 e. The number of nitrogens with zero attached hydrogens (tertiary/aromatic N) is 1. The van der Waals surface area contributed by atoms with Crippen LogP contribution in [0.4, 0.5) is 20.2 Å². The van der Waals surface area contributed by atoms with Crippen molar-refractivity contribution in [3.05, 3.63) is 63.7 Å². The fourth-order valence-corrected chi connectivity index (χ4v) is 1.61. The van der Waals surface area contributed by atoms with Crippen LogP contribution in [-0.2, 0) is 0 Å². The molecule has 0 aliphatic carbocycles. The molecule has 2 aromatic carbocycles. The number of nitro groups is 1. The third kappa shape index (κ3) is 2.94. The highest BCUT2D eigenvalue weighted by Gasteiger charge is 2.17. The summed E-state index contributed by atoms with van der Waals surface area (Å²) in [5.74, 6) is -4.06. The van der Waals surface area contributed by atoms with Crippen LogP contribution in [0.25, 0.3) is 0 Å². The lowest BCUT2D eigenvalue weighted by Gasteiger charge is -2.08. The van der Waals surface area contributed by atoms with E-state index in [2.05, 4.69) is 5.32 Å². The third-order valence-corrected chi connectivity index (χ3v) is 2.64. The number of anilines is 1. The van der Waals surface area contributed by atoms with Gasteiger partial charge in [0, 0.05) is 6.07 Å². The van der Waals surface area contributed by atoms with Crippen LogP contribution in [0.5, 0.6) is 5.75 Å². The van der Waals surface area contributed by atoms with E-state index in [1.54, 1.807) is 0 Å². The van der Waals surface area contributed by atoms with Crippen LogP contribution in [0.2, 0.25) is 0 Å². The predicted octanol–water partition coefficient (Wildman–Crippen LogP) is 2.83. The molecule has 0 aliphatic heterocycles. The molecule has 8 heteroatoms. The summed E-state index contributed by atoms with van der Waals surface area (Å²) in [4.78, 5) is 21.6. The Bertz CT molecular complexity index is 734. The van der Waals surface area contributed by atoms with Crippen molar-refractivity contribution < 1.29 is 23.6 Å². The second-order valence-electron chi connectivity index (χ2n) is 4.01. The van der Waals surface area contributed by atoms with Gasteiger partial charge in [-0.05, 0) is 18.2 Å². The van der Waals surface area contributed by atoms with Crippen molar-refractivity contribution in [2.24, 2.45) is 0 Å². The monoisotopic (exact) mass is 294 g/mol. The normalized spacial score (nSPS) is 10.2. The number of hydrogen-bond acceptors (Lipinski definition) is 4. The first-order valence-corrected chi connectivity index (χ1v) is 5.63. The molecule has 0 bridgehead atoms. The Balaban J connectivity index is 2.28. The number of phenolic OH excluding ortho intramolecular Hbond substituents is 1. The quantitative estimate of drug-likeness (QED) is 0.517. The van der Waals surface area contributed by atoms with Gasteiger partial charge in [0.05, 0.1) is 22.2 Å². The van der Waals surface area contributed by atoms with Crippen molar-refractivity contribution >= 4 is 17.3 Å². The number of nitro benzene ring substituents is 1. The van der Waals surface area contributed by atoms with Gasteiger partial charge in [0.2, 0.25) is 0 Å². The number of nitrogens with one attached hydrogen (secondary N) is 1. The molecule has 0 radical (unpaired) electrons. The SMILES string of the molecule is O=C(Nc1ccc([N+](=O)[O-])cc1O)c1cccc(F)c1F. The first kappa shape index (κ1) is 14.4. The van der Waals surface area contributed by atoms with E-state index in [-0.39, 0.29) is 11.4 Å². The maximum atomic E-state index is 13.4. The first-order chi connectivity index (χ1) is 9.90. The Morgan fingerprint density at radius 3 is 2.57 bits per heavy atom. The Morgan fingerprint density at radius 2 is 1.95 bits per heavy atom. The van der Waals surface area contributed by atoms with Crippen molar-refractivity contribution in [2.45, 2.75) is 0 Å². The third-order valence-electron chi connectivity index (χ3n) is 2.64. The summed E-state index contributed by atoms with van der Waals surface area (Å²) >= 11 is 0. The lowest BCUT2D eigenvalue weighted by Crippen LogP contribution is -2.14. The fourth-order valence-electron chi connectivity index (χ4n) is 1.61. The van der Waals surface area contributed by atoms with Gasteiger partial charge < -0.3 is 10.4 Å². The molecule has 0 fully saturated rings. The van der Waals surface area contributed by atoms with Crippen LogP contribution in [0.1, 0.15) is 10.4 Å². The highest BCUT2D eigenvalue weighted by atomic mass is 19.2. The lowest BCUT2D eigenvalue weighted by molar-refractivity contribution is -0.384. The zero-order valence-corrected chi connectivity index (χ0v) is 10.3. The second-order valence-corrected chi connectivity index (χ2v) is 4.01. The highest BCUT2D eigenvalue weighted by Crippen LogP contribution is 2.28. The number of halogens is 2. The fraction of sp³-hybridized carbons (Fsp3) is 0. The van der Waals surface area contributed by atoms with E-state index in [4.69, 9.17) is 0 Å². The van der Waals surface area contributed by atoms with Crippen LogP contribution in [-0.4, -0.2) is 15.9 Å². The van der Waals surface area contributed by atoms with Crippen molar-refractivity contribution in [3.8, 4) is 5.75 Å². The highest BCUT2D eigenvalue weighted by molar-refractivity contribution is 6.05. The minimum absolute atomic E-state index is 0.158. The summed E-state index contributed by atoms with van der Waals surface area (Å²) in [5.41, 5.74) is -1.08. The molecular formula is C13H8F2N2O4. The van der Waals surface area contributed by atoms with Crippen LogP contribution >= 0.6 is 0 Å². The van der Waals surface area contributed by atoms with E-state index >= 15 is 0 Å². The van der Waals surface area contributed by atoms with Crippen LogP contribution in [0.3, 0.4) is 0 Å². The van der Waals surface area contributed by atoms with Gasteiger partial charge in [-0.15, -0.1) is 0 Å². The van der Waals surface area contributed by atoms with E-state index in [9.17, 15) is 28.8 Å². The molecule has 1 amide bonds. The summed E-state index contributed by atoms with van der Waals surface area (Å²) in [6.45, 7) is 0. The van der Waals surface area contributed by atoms with E-state index in [0.29, 0.717) is 0 Å². The number of carbonyl (C=O) groups is 1. The zero-order valence-electron chi connectivity index (χ0n) is 10.3. The Hall–Kier alpha value is -3.03. The molecule has 0 aliphatic rings. The molecule has 21 heavy (non-hydrogen) atoms. The molecule has 0 saturated carbocycles. The molecule has 108 valence electrons. The molecule has 0 saturated heterocycles. The van der Waals surface area contributed by atoms with E-state index in [1.165, 1.54) is 0 Å². The van der Waals surface area contributed by atoms with Crippen molar-refractivity contribution in [1.82, 2.24) is 0 Å². The Kier molecular flexibility index (Phi) is 3.79. The largest absolute Gasteiger partial charge is 0.506 e. The molecule has 0 spiro atoms. The molecule has 6 nitrogen and oxygen atoms in total. The Morgan fingerprint density at radius 1 is 1.24 bits per heavy atom. The van der Waals surface area contributed by atoms with Gasteiger partial charge in [-0.3, -0.25) is 14.9 Å². The standard InChI is InChI=1S/C13H8F2N2O4/c14-9-3-1-2-8(12(9)15)13(19)16-10-5-4-7(17(20)21)6-11(10)18/h1-6,18H,(H,16,19). The maximum absolute atomic E-state index is 13.4. The van der Waals surface area contributed by atoms with E-state index in [1.807, 2.05) is 0 Å². The number of carbonyl (C=O) groups excluding carboxylic acids is 1. The van der Waals surface area contributed by atoms with E-state index < -0.39 is 33.8 Å². The van der Waals surface area contributed by atoms with Gasteiger partial charge in [-0.2, -0.15) is 0 Å². The molecule has 0 atom stereocenters. The molecular weight excluding hydrogens is 286 g/mol. The van der Waals surface area contributed by atoms with Gasteiger partial charge in [-0.25, -0.2) is 8.78 Å². The van der Waals surface area contributed by atoms with Gasteiger partial charge in [0.25, 0.3) is 11.6 Å². The summed E-state index contributed by atoms with van der Waals surface area (Å²) in [5, 5.41) is 22.2. The number of hydrogen-bond donors (Lipinski definition) is 2. The predicted molar refractivity (Wildman–Crippen MR) is 69.1 cm³/mol. The summed E-state index contributed by atoms with van der Waals surface area (Å²) in [6, 6.07) is 6.05. The summed E-state index contributed by atoms with van der Waals surface area (Å²) in [7, 11) is 0. The van der Waals surface area contributed by atoms with Crippen molar-refractivity contribution in [1.29, 1.82) is 0 Å². The smallest absolute Gasteiger partial charge is 0.273 e. The maximum Gasteiger partial charge on any atom is 0.273 e. The molecule has 0 aromatic heterocycles. The zero-order chi connectivity index (χ0) is 15.6. The second kappa shape index (κ2) is 5.53. The Labute approximate surface area is 116 Å². The average molecular weight is 294 g/mol. The number of aromatic hydroxyl groups is 1. The van der Waals surface area contributed by atoms with Crippen molar-refractivity contribution in [2.75, 3.05) is 5.32 Å². The minimum atomic E-state index is -1.32. The summed E-state index contributed by atoms with van der Waals surface area (Å²) in [6.07, 6.45) is 0. The van der Waals surface area contributed by atoms with Crippen LogP contribution in [0, 0.1) is 21.7 Å². The van der Waals surface area contributed by atoms with Gasteiger partial charge in [0.15, 0.2) is 11.6 Å². The molecule has 2 N–H and O–H groups in total. The summed E-state index contributed by atoms with van der Waals surface area (Å²) < 4.78 is 26.5. The number of benzene rings is 2. The van der Waals surface area contributed by atoms with Gasteiger partial charge in [0.1, 0.15) is 5.75 Å². The number of non-ortho nitro benzene ring substituents is 1. The average Bonchev–Trinajstić information content (AvgIpc) is 2.43. The number of phenols is 1. The number of rotatable bonds is 3. The molecule has 0 unspecified atom stereocenters. The molecule has 2 aromatic rings. The molecule has 0 heterocycles. The van der Waals surface area contributed by atoms with Crippen LogP contribution < -0.4 is 5.32 Å². The molecule has 2 rings (SSSR count). The lowest BCUT2D eigenvalue weighted by atomic mass is 10.2. The number of amides is 1. The van der Waals surface area contributed by atoms with E-state index in [0.717, 1.165) is 36.4 Å².